The highest BCUT2D eigenvalue weighted by Gasteiger charge is 2.21. The molecule has 1 N–H and O–H groups in total. The molecule has 1 atom stereocenters. The fourth-order valence-corrected chi connectivity index (χ4v) is 3.47. The lowest BCUT2D eigenvalue weighted by molar-refractivity contribution is -0.149. The monoisotopic (exact) mass is 381 g/mol. The van der Waals surface area contributed by atoms with E-state index in [1.54, 1.807) is 0 Å². The summed E-state index contributed by atoms with van der Waals surface area (Å²) in [6, 6.07) is 14.1. The summed E-state index contributed by atoms with van der Waals surface area (Å²) in [5, 5.41) is 2.98. The Bertz CT molecular complexity index is 846. The van der Waals surface area contributed by atoms with Gasteiger partial charge in [-0.3, -0.25) is 9.59 Å². The van der Waals surface area contributed by atoms with Crippen molar-refractivity contribution >= 4 is 11.9 Å². The van der Waals surface area contributed by atoms with Gasteiger partial charge in [-0.1, -0.05) is 36.4 Å². The fraction of sp³-hybridized carbons (Fsp3) is 0.391. The van der Waals surface area contributed by atoms with Crippen molar-refractivity contribution in [2.45, 2.75) is 45.6 Å². The van der Waals surface area contributed by atoms with Gasteiger partial charge >= 0.3 is 5.97 Å². The molecule has 1 aliphatic carbocycles. The van der Waals surface area contributed by atoms with E-state index in [9.17, 15) is 9.59 Å². The molecule has 0 aliphatic heterocycles. The van der Waals surface area contributed by atoms with Gasteiger partial charge in [0, 0.05) is 0 Å². The van der Waals surface area contributed by atoms with E-state index in [1.165, 1.54) is 5.56 Å². The predicted octanol–water partition coefficient (Wildman–Crippen LogP) is 3.81. The molecule has 2 aromatic rings. The summed E-state index contributed by atoms with van der Waals surface area (Å²) in [7, 11) is 0. The number of aryl methyl sites for hydroxylation is 3. The van der Waals surface area contributed by atoms with Gasteiger partial charge < -0.3 is 14.8 Å². The van der Waals surface area contributed by atoms with E-state index in [2.05, 4.69) is 17.4 Å². The van der Waals surface area contributed by atoms with Crippen LogP contribution in [0, 0.1) is 13.8 Å². The molecule has 1 amide bonds. The number of ether oxygens (including phenoxy) is 2. The molecule has 5 nitrogen and oxygen atoms in total. The molecule has 0 heterocycles. The number of rotatable bonds is 7. The van der Waals surface area contributed by atoms with E-state index in [4.69, 9.17) is 9.47 Å². The van der Waals surface area contributed by atoms with Gasteiger partial charge in [-0.05, 0) is 61.4 Å². The van der Waals surface area contributed by atoms with Gasteiger partial charge in [0.05, 0.1) is 19.1 Å². The molecule has 0 radical (unpaired) electrons. The van der Waals surface area contributed by atoms with Gasteiger partial charge in [-0.25, -0.2) is 0 Å². The van der Waals surface area contributed by atoms with E-state index in [0.29, 0.717) is 0 Å². The minimum atomic E-state index is -0.440. The van der Waals surface area contributed by atoms with Crippen molar-refractivity contribution in [2.75, 3.05) is 13.2 Å². The van der Waals surface area contributed by atoms with Crippen LogP contribution in [0.15, 0.2) is 42.5 Å². The molecular formula is C23H27NO4. The summed E-state index contributed by atoms with van der Waals surface area (Å²) in [6.45, 7) is 3.91. The Labute approximate surface area is 166 Å². The molecule has 0 fully saturated rings. The molecule has 2 aromatic carbocycles. The van der Waals surface area contributed by atoms with Crippen molar-refractivity contribution in [2.24, 2.45) is 0 Å². The summed E-state index contributed by atoms with van der Waals surface area (Å²) in [6.07, 6.45) is 3.09. The van der Waals surface area contributed by atoms with E-state index in [-0.39, 0.29) is 31.6 Å². The Morgan fingerprint density at radius 1 is 1.14 bits per heavy atom. The fourth-order valence-electron chi connectivity index (χ4n) is 3.47. The lowest BCUT2D eigenvalue weighted by Crippen LogP contribution is -2.34. The number of fused-ring (bicyclic) bond motifs is 1. The normalized spacial score (nSPS) is 15.4. The van der Waals surface area contributed by atoms with Crippen LogP contribution in [0.5, 0.6) is 5.75 Å². The van der Waals surface area contributed by atoms with Crippen LogP contribution in [-0.2, 0) is 20.7 Å². The molecule has 1 aliphatic rings. The molecule has 0 unspecified atom stereocenters. The number of hydrogen-bond donors (Lipinski definition) is 1. The summed E-state index contributed by atoms with van der Waals surface area (Å²) < 4.78 is 10.7. The Balaban J connectivity index is 1.40. The highest BCUT2D eigenvalue weighted by atomic mass is 16.5. The Morgan fingerprint density at radius 2 is 1.96 bits per heavy atom. The van der Waals surface area contributed by atoms with Gasteiger partial charge in [0.25, 0.3) is 5.91 Å². The van der Waals surface area contributed by atoms with Gasteiger partial charge in [0.2, 0.25) is 0 Å². The largest absolute Gasteiger partial charge is 0.493 e. The topological polar surface area (TPSA) is 64.6 Å². The van der Waals surface area contributed by atoms with E-state index >= 15 is 0 Å². The van der Waals surface area contributed by atoms with Crippen LogP contribution in [0.25, 0.3) is 0 Å². The van der Waals surface area contributed by atoms with Crippen LogP contribution in [0.4, 0.5) is 0 Å². The lowest BCUT2D eigenvalue weighted by Gasteiger charge is -2.26. The number of esters is 1. The standard InChI is InChI=1S/C23H27NO4/c1-16-10-11-17(2)21(14-16)27-13-12-23(26)28-15-22(25)24-20-9-5-7-18-6-3-4-8-19(18)20/h3-4,6,8,10-11,14,20H,5,7,9,12-13,15H2,1-2H3,(H,24,25)/t20-/m1/s1. The molecule has 0 spiro atoms. The van der Waals surface area contributed by atoms with Crippen LogP contribution in [0.3, 0.4) is 0 Å². The van der Waals surface area contributed by atoms with Crippen LogP contribution in [0.2, 0.25) is 0 Å². The zero-order valence-corrected chi connectivity index (χ0v) is 16.5. The number of carbonyl (C=O) groups excluding carboxylic acids is 2. The third-order valence-electron chi connectivity index (χ3n) is 4.98. The Kier molecular flexibility index (Phi) is 6.69. The predicted molar refractivity (Wildman–Crippen MR) is 107 cm³/mol. The second kappa shape index (κ2) is 9.40. The third kappa shape index (κ3) is 5.35. The highest BCUT2D eigenvalue weighted by molar-refractivity contribution is 5.81. The molecule has 28 heavy (non-hydrogen) atoms. The van der Waals surface area contributed by atoms with Gasteiger partial charge in [-0.15, -0.1) is 0 Å². The molecular weight excluding hydrogens is 354 g/mol. The summed E-state index contributed by atoms with van der Waals surface area (Å²) in [4.78, 5) is 24.1. The molecule has 0 aromatic heterocycles. The van der Waals surface area contributed by atoms with Crippen molar-refractivity contribution in [1.29, 1.82) is 0 Å². The van der Waals surface area contributed by atoms with Crippen LogP contribution in [-0.4, -0.2) is 25.1 Å². The first-order chi connectivity index (χ1) is 13.5. The Morgan fingerprint density at radius 3 is 2.82 bits per heavy atom. The van der Waals surface area contributed by atoms with Gasteiger partial charge in [0.15, 0.2) is 6.61 Å². The number of benzene rings is 2. The summed E-state index contributed by atoms with van der Waals surface area (Å²) >= 11 is 0. The van der Waals surface area contributed by atoms with Crippen molar-refractivity contribution in [3.8, 4) is 5.75 Å². The van der Waals surface area contributed by atoms with E-state index in [0.717, 1.165) is 41.7 Å². The van der Waals surface area contributed by atoms with Crippen LogP contribution < -0.4 is 10.1 Å². The SMILES string of the molecule is Cc1ccc(C)c(OCCC(=O)OCC(=O)N[C@@H]2CCCc3ccccc32)c1. The van der Waals surface area contributed by atoms with E-state index in [1.807, 2.05) is 44.2 Å². The highest BCUT2D eigenvalue weighted by Crippen LogP contribution is 2.29. The number of amides is 1. The quantitative estimate of drug-likeness (QED) is 0.741. The van der Waals surface area contributed by atoms with Gasteiger partial charge in [-0.2, -0.15) is 0 Å². The van der Waals surface area contributed by atoms with Gasteiger partial charge in [0.1, 0.15) is 5.75 Å². The number of nitrogens with one attached hydrogen (secondary N) is 1. The minimum absolute atomic E-state index is 0.0104. The minimum Gasteiger partial charge on any atom is -0.493 e. The maximum atomic E-state index is 12.2. The second-order valence-corrected chi connectivity index (χ2v) is 7.24. The van der Waals surface area contributed by atoms with Crippen LogP contribution in [0.1, 0.15) is 47.6 Å². The molecule has 0 saturated heterocycles. The smallest absolute Gasteiger partial charge is 0.309 e. The van der Waals surface area contributed by atoms with Crippen molar-refractivity contribution in [3.63, 3.8) is 0 Å². The second-order valence-electron chi connectivity index (χ2n) is 7.24. The first-order valence-corrected chi connectivity index (χ1v) is 9.76. The van der Waals surface area contributed by atoms with Crippen molar-refractivity contribution < 1.29 is 19.1 Å². The molecule has 0 bridgehead atoms. The molecule has 5 heteroatoms. The molecule has 0 saturated carbocycles. The maximum absolute atomic E-state index is 12.2. The first-order valence-electron chi connectivity index (χ1n) is 9.76. The van der Waals surface area contributed by atoms with E-state index < -0.39 is 5.97 Å². The zero-order valence-electron chi connectivity index (χ0n) is 16.5. The summed E-state index contributed by atoms with van der Waals surface area (Å²) in [5.74, 6) is 0.0523. The third-order valence-corrected chi connectivity index (χ3v) is 4.98. The molecule has 3 rings (SSSR count). The number of hydrogen-bond acceptors (Lipinski definition) is 4. The van der Waals surface area contributed by atoms with Crippen molar-refractivity contribution in [1.82, 2.24) is 5.32 Å². The summed E-state index contributed by atoms with van der Waals surface area (Å²) in [5.41, 5.74) is 4.56. The average Bonchev–Trinajstić information content (AvgIpc) is 2.69. The van der Waals surface area contributed by atoms with Crippen LogP contribution >= 0.6 is 0 Å². The average molecular weight is 381 g/mol. The zero-order chi connectivity index (χ0) is 19.9. The Hall–Kier alpha value is -2.82. The van der Waals surface area contributed by atoms with Crippen molar-refractivity contribution in [3.05, 3.63) is 64.7 Å². The maximum Gasteiger partial charge on any atom is 0.309 e. The first kappa shape index (κ1) is 19.9. The lowest BCUT2D eigenvalue weighted by atomic mass is 9.88. The molecule has 148 valence electrons. The number of carbonyl (C=O) groups is 2.